The number of amides is 1. The Labute approximate surface area is 172 Å². The molecule has 0 bridgehead atoms. The molecule has 1 aliphatic rings. The highest BCUT2D eigenvalue weighted by atomic mass is 19.1. The van der Waals surface area contributed by atoms with Crippen LogP contribution >= 0.6 is 0 Å². The van der Waals surface area contributed by atoms with Crippen LogP contribution < -0.4 is 15.8 Å². The molecule has 1 saturated heterocycles. The monoisotopic (exact) mass is 413 g/mol. The van der Waals surface area contributed by atoms with E-state index >= 15 is 0 Å². The standard InChI is InChI=1S/C20H24FN7O2/c1-3-13-10-28-12-14(24-20(28)25-18(13)29)11-26-4-6-27(7-5-26)15-8-16(21)17(23-9-15)19(30)22-2/h8-10,12H,3-7,11H2,1-2H3,(H,22,30)(H,24,25,29). The molecule has 0 aliphatic carbocycles. The van der Waals surface area contributed by atoms with E-state index in [0.717, 1.165) is 24.3 Å². The molecule has 10 heteroatoms. The van der Waals surface area contributed by atoms with Crippen LogP contribution in [-0.4, -0.2) is 63.4 Å². The number of carbonyl (C=O) groups is 1. The van der Waals surface area contributed by atoms with Crippen LogP contribution in [0.25, 0.3) is 5.78 Å². The molecule has 4 heterocycles. The molecule has 4 rings (SSSR count). The quantitative estimate of drug-likeness (QED) is 0.642. The second kappa shape index (κ2) is 8.23. The second-order valence-electron chi connectivity index (χ2n) is 7.29. The highest BCUT2D eigenvalue weighted by Crippen LogP contribution is 2.19. The molecule has 1 amide bonds. The lowest BCUT2D eigenvalue weighted by atomic mass is 10.2. The third kappa shape index (κ3) is 3.90. The van der Waals surface area contributed by atoms with E-state index in [-0.39, 0.29) is 11.3 Å². The molecular weight excluding hydrogens is 389 g/mol. The number of carbonyl (C=O) groups excluding carboxylic acids is 1. The minimum absolute atomic E-state index is 0.0981. The molecule has 1 aliphatic heterocycles. The molecule has 3 aromatic heterocycles. The Morgan fingerprint density at radius 3 is 2.70 bits per heavy atom. The van der Waals surface area contributed by atoms with Crippen molar-refractivity contribution in [1.29, 1.82) is 0 Å². The summed E-state index contributed by atoms with van der Waals surface area (Å²) in [5, 5.41) is 2.38. The number of nitrogens with zero attached hydrogens (tertiary/aromatic N) is 5. The molecule has 9 nitrogen and oxygen atoms in total. The van der Waals surface area contributed by atoms with Gasteiger partial charge in [0.15, 0.2) is 11.5 Å². The normalized spacial score (nSPS) is 15.0. The van der Waals surface area contributed by atoms with E-state index in [1.54, 1.807) is 0 Å². The Hall–Kier alpha value is -3.27. The van der Waals surface area contributed by atoms with Gasteiger partial charge in [0.05, 0.1) is 17.6 Å². The maximum absolute atomic E-state index is 14.2. The van der Waals surface area contributed by atoms with E-state index in [1.807, 2.05) is 23.7 Å². The van der Waals surface area contributed by atoms with Gasteiger partial charge in [0.25, 0.3) is 11.5 Å². The van der Waals surface area contributed by atoms with Crippen molar-refractivity contribution in [2.45, 2.75) is 19.9 Å². The number of nitrogens with one attached hydrogen (secondary N) is 2. The van der Waals surface area contributed by atoms with Crippen molar-refractivity contribution in [3.63, 3.8) is 0 Å². The van der Waals surface area contributed by atoms with Crippen LogP contribution in [0.4, 0.5) is 10.1 Å². The summed E-state index contributed by atoms with van der Waals surface area (Å²) in [5.74, 6) is -0.619. The average molecular weight is 413 g/mol. The van der Waals surface area contributed by atoms with Gasteiger partial charge in [0.1, 0.15) is 0 Å². The molecule has 2 N–H and O–H groups in total. The van der Waals surface area contributed by atoms with Gasteiger partial charge >= 0.3 is 0 Å². The van der Waals surface area contributed by atoms with Gasteiger partial charge in [0, 0.05) is 63.8 Å². The summed E-state index contributed by atoms with van der Waals surface area (Å²) in [5.41, 5.74) is 1.98. The molecule has 0 unspecified atom stereocenters. The number of aromatic nitrogens is 4. The summed E-state index contributed by atoms with van der Waals surface area (Å²) < 4.78 is 16.0. The summed E-state index contributed by atoms with van der Waals surface area (Å²) in [6, 6.07) is 1.36. The third-order valence-corrected chi connectivity index (χ3v) is 5.37. The van der Waals surface area contributed by atoms with Crippen LogP contribution in [0.5, 0.6) is 0 Å². The van der Waals surface area contributed by atoms with Gasteiger partial charge in [-0.05, 0) is 6.42 Å². The van der Waals surface area contributed by atoms with Crippen LogP contribution in [0.3, 0.4) is 0 Å². The minimum Gasteiger partial charge on any atom is -0.368 e. The summed E-state index contributed by atoms with van der Waals surface area (Å²) in [6.45, 7) is 5.60. The van der Waals surface area contributed by atoms with E-state index < -0.39 is 11.7 Å². The SMILES string of the molecule is CCc1cn2cc(CN3CCN(c4cnc(C(=O)NC)c(F)c4)CC3)nc2[nH]c1=O. The largest absolute Gasteiger partial charge is 0.368 e. The summed E-state index contributed by atoms with van der Waals surface area (Å²) in [4.78, 5) is 39.2. The first kappa shape index (κ1) is 20.0. The number of rotatable bonds is 5. The number of imidazole rings is 1. The topological polar surface area (TPSA) is 98.6 Å². The molecule has 30 heavy (non-hydrogen) atoms. The predicted molar refractivity (Wildman–Crippen MR) is 110 cm³/mol. The van der Waals surface area contributed by atoms with E-state index in [1.165, 1.54) is 19.3 Å². The maximum atomic E-state index is 14.2. The number of halogens is 1. The van der Waals surface area contributed by atoms with Gasteiger partial charge in [-0.1, -0.05) is 6.92 Å². The minimum atomic E-state index is -0.626. The number of pyridine rings is 1. The number of anilines is 1. The van der Waals surface area contributed by atoms with Crippen molar-refractivity contribution in [3.05, 3.63) is 57.8 Å². The lowest BCUT2D eigenvalue weighted by molar-refractivity contribution is 0.0953. The van der Waals surface area contributed by atoms with Gasteiger partial charge < -0.3 is 10.2 Å². The number of H-pyrrole nitrogens is 1. The highest BCUT2D eigenvalue weighted by molar-refractivity contribution is 5.92. The Kier molecular flexibility index (Phi) is 5.49. The molecule has 158 valence electrons. The predicted octanol–water partition coefficient (Wildman–Crippen LogP) is 0.801. The van der Waals surface area contributed by atoms with Gasteiger partial charge in [-0.25, -0.2) is 14.4 Å². The number of piperazine rings is 1. The molecule has 0 aromatic carbocycles. The average Bonchev–Trinajstić information content (AvgIpc) is 3.13. The number of hydrogen-bond acceptors (Lipinski definition) is 6. The number of fused-ring (bicyclic) bond motifs is 1. The molecule has 0 spiro atoms. The first-order valence-corrected chi connectivity index (χ1v) is 9.93. The Morgan fingerprint density at radius 1 is 1.27 bits per heavy atom. The molecule has 1 fully saturated rings. The molecule has 0 atom stereocenters. The zero-order valence-electron chi connectivity index (χ0n) is 17.0. The maximum Gasteiger partial charge on any atom is 0.272 e. The first-order chi connectivity index (χ1) is 14.5. The fourth-order valence-electron chi connectivity index (χ4n) is 3.65. The lowest BCUT2D eigenvalue weighted by Gasteiger charge is -2.35. The fourth-order valence-corrected chi connectivity index (χ4v) is 3.65. The Morgan fingerprint density at radius 2 is 2.03 bits per heavy atom. The van der Waals surface area contributed by atoms with Crippen LogP contribution in [0.15, 0.2) is 29.5 Å². The molecular formula is C20H24FN7O2. The van der Waals surface area contributed by atoms with E-state index in [0.29, 0.717) is 37.5 Å². The van der Waals surface area contributed by atoms with Crippen LogP contribution in [-0.2, 0) is 13.0 Å². The molecule has 0 saturated carbocycles. The zero-order chi connectivity index (χ0) is 21.3. The first-order valence-electron chi connectivity index (χ1n) is 9.93. The Balaban J connectivity index is 1.40. The Bertz CT molecular complexity index is 1130. The number of aromatic amines is 1. The third-order valence-electron chi connectivity index (χ3n) is 5.37. The van der Waals surface area contributed by atoms with Gasteiger partial charge in [-0.2, -0.15) is 0 Å². The van der Waals surface area contributed by atoms with Crippen LogP contribution in [0, 0.1) is 5.82 Å². The van der Waals surface area contributed by atoms with Crippen molar-refractivity contribution in [2.75, 3.05) is 38.1 Å². The van der Waals surface area contributed by atoms with E-state index in [4.69, 9.17) is 0 Å². The van der Waals surface area contributed by atoms with Crippen molar-refractivity contribution >= 4 is 17.4 Å². The molecule has 3 aromatic rings. The van der Waals surface area contributed by atoms with Crippen molar-refractivity contribution in [1.82, 2.24) is 29.6 Å². The fraction of sp³-hybridized carbons (Fsp3) is 0.400. The number of aryl methyl sites for hydroxylation is 1. The summed E-state index contributed by atoms with van der Waals surface area (Å²) in [6.07, 6.45) is 5.97. The van der Waals surface area contributed by atoms with Gasteiger partial charge in [-0.3, -0.25) is 23.9 Å². The summed E-state index contributed by atoms with van der Waals surface area (Å²) >= 11 is 0. The van der Waals surface area contributed by atoms with Gasteiger partial charge in [0.2, 0.25) is 5.78 Å². The lowest BCUT2D eigenvalue weighted by Crippen LogP contribution is -2.46. The van der Waals surface area contributed by atoms with E-state index in [9.17, 15) is 14.0 Å². The van der Waals surface area contributed by atoms with E-state index in [2.05, 4.69) is 30.1 Å². The smallest absolute Gasteiger partial charge is 0.272 e. The van der Waals surface area contributed by atoms with Crippen molar-refractivity contribution in [3.8, 4) is 0 Å². The van der Waals surface area contributed by atoms with Crippen LogP contribution in [0.1, 0.15) is 28.7 Å². The number of hydrogen-bond donors (Lipinski definition) is 2. The highest BCUT2D eigenvalue weighted by Gasteiger charge is 2.21. The van der Waals surface area contributed by atoms with Crippen molar-refractivity contribution in [2.24, 2.45) is 0 Å². The molecule has 0 radical (unpaired) electrons. The second-order valence-corrected chi connectivity index (χ2v) is 7.29. The summed E-state index contributed by atoms with van der Waals surface area (Å²) in [7, 11) is 1.44. The van der Waals surface area contributed by atoms with Gasteiger partial charge in [-0.15, -0.1) is 0 Å². The zero-order valence-corrected chi connectivity index (χ0v) is 17.0. The van der Waals surface area contributed by atoms with Crippen molar-refractivity contribution < 1.29 is 9.18 Å². The van der Waals surface area contributed by atoms with Crippen LogP contribution in [0.2, 0.25) is 0 Å².